The average Bonchev–Trinajstić information content (AvgIpc) is 3.05. The third kappa shape index (κ3) is 4.67. The molecule has 0 bridgehead atoms. The van der Waals surface area contributed by atoms with E-state index in [4.69, 9.17) is 9.47 Å². The third-order valence-electron chi connectivity index (χ3n) is 4.17. The van der Waals surface area contributed by atoms with Crippen molar-refractivity contribution in [3.05, 3.63) is 58.9 Å². The van der Waals surface area contributed by atoms with Crippen LogP contribution in [0.5, 0.6) is 5.75 Å². The quantitative estimate of drug-likeness (QED) is 0.448. The second kappa shape index (κ2) is 9.32. The van der Waals surface area contributed by atoms with Crippen molar-refractivity contribution in [1.82, 2.24) is 4.57 Å². The van der Waals surface area contributed by atoms with E-state index in [1.54, 1.807) is 28.8 Å². The summed E-state index contributed by atoms with van der Waals surface area (Å²) in [6.45, 7) is 2.76. The Hall–Kier alpha value is -2.93. The maximum atomic E-state index is 12.6. The summed E-state index contributed by atoms with van der Waals surface area (Å²) in [4.78, 5) is 29.1. The second-order valence-electron chi connectivity index (χ2n) is 6.16. The average molecular weight is 398 g/mol. The third-order valence-corrected chi connectivity index (χ3v) is 5.23. The first kappa shape index (κ1) is 19.8. The zero-order chi connectivity index (χ0) is 19.9. The molecule has 0 N–H and O–H groups in total. The minimum absolute atomic E-state index is 0.00314. The number of nitrogens with zero attached hydrogens (tertiary/aromatic N) is 2. The number of ether oxygens (including phenoxy) is 2. The fourth-order valence-electron chi connectivity index (χ4n) is 2.63. The minimum Gasteiger partial charge on any atom is -0.494 e. The lowest BCUT2D eigenvalue weighted by Crippen LogP contribution is -2.22. The lowest BCUT2D eigenvalue weighted by atomic mass is 10.2. The zero-order valence-electron chi connectivity index (χ0n) is 15.9. The van der Waals surface area contributed by atoms with Crippen LogP contribution in [0.15, 0.2) is 53.5 Å². The van der Waals surface area contributed by atoms with Gasteiger partial charge in [0.05, 0.1) is 23.9 Å². The highest BCUT2D eigenvalue weighted by Gasteiger charge is 2.12. The largest absolute Gasteiger partial charge is 0.494 e. The molecule has 0 aliphatic carbocycles. The van der Waals surface area contributed by atoms with Gasteiger partial charge in [0.15, 0.2) is 4.80 Å². The van der Waals surface area contributed by atoms with Crippen LogP contribution in [0.2, 0.25) is 0 Å². The van der Waals surface area contributed by atoms with Crippen molar-refractivity contribution in [1.29, 1.82) is 0 Å². The van der Waals surface area contributed by atoms with Crippen molar-refractivity contribution >= 4 is 33.4 Å². The fourth-order valence-corrected chi connectivity index (χ4v) is 3.66. The molecular formula is C21H22N2O4S. The van der Waals surface area contributed by atoms with Gasteiger partial charge >= 0.3 is 5.97 Å². The maximum absolute atomic E-state index is 12.6. The lowest BCUT2D eigenvalue weighted by Gasteiger charge is -2.05. The molecule has 7 heteroatoms. The highest BCUT2D eigenvalue weighted by atomic mass is 32.1. The molecule has 1 heterocycles. The number of hydrogen-bond acceptors (Lipinski definition) is 5. The van der Waals surface area contributed by atoms with Crippen LogP contribution in [0, 0.1) is 0 Å². The van der Waals surface area contributed by atoms with E-state index >= 15 is 0 Å². The van der Waals surface area contributed by atoms with E-state index in [-0.39, 0.29) is 12.5 Å². The normalized spacial score (nSPS) is 11.6. The van der Waals surface area contributed by atoms with Crippen LogP contribution in [-0.2, 0) is 16.1 Å². The Bertz CT molecular complexity index is 1030. The van der Waals surface area contributed by atoms with Crippen molar-refractivity contribution in [2.24, 2.45) is 4.99 Å². The van der Waals surface area contributed by atoms with Gasteiger partial charge in [0.1, 0.15) is 12.3 Å². The molecule has 3 aromatic rings. The molecule has 0 aliphatic rings. The molecule has 2 aromatic carbocycles. The molecular weight excluding hydrogens is 376 g/mol. The number of esters is 1. The van der Waals surface area contributed by atoms with E-state index in [1.807, 2.05) is 24.3 Å². The van der Waals surface area contributed by atoms with Gasteiger partial charge in [-0.3, -0.25) is 9.59 Å². The van der Waals surface area contributed by atoms with Crippen LogP contribution in [0.3, 0.4) is 0 Å². The number of fused-ring (bicyclic) bond motifs is 1. The maximum Gasteiger partial charge on any atom is 0.325 e. The van der Waals surface area contributed by atoms with E-state index < -0.39 is 5.97 Å². The number of benzene rings is 2. The Morgan fingerprint density at radius 2 is 1.86 bits per heavy atom. The Kier molecular flexibility index (Phi) is 6.60. The number of thiazole rings is 1. The SMILES string of the molecule is CCCCOc1ccc(C(=O)N=c2sc3ccccc3n2CC(=O)OC)cc1. The smallest absolute Gasteiger partial charge is 0.325 e. The predicted octanol–water partition coefficient (Wildman–Crippen LogP) is 3.80. The van der Waals surface area contributed by atoms with Gasteiger partial charge in [0.2, 0.25) is 0 Å². The van der Waals surface area contributed by atoms with Gasteiger partial charge in [-0.1, -0.05) is 36.8 Å². The van der Waals surface area contributed by atoms with Gasteiger partial charge < -0.3 is 14.0 Å². The van der Waals surface area contributed by atoms with Gasteiger partial charge in [-0.2, -0.15) is 4.99 Å². The summed E-state index contributed by atoms with van der Waals surface area (Å²) in [5.74, 6) is -0.0380. The van der Waals surface area contributed by atoms with E-state index in [9.17, 15) is 9.59 Å². The van der Waals surface area contributed by atoms with Crippen molar-refractivity contribution in [3.8, 4) is 5.75 Å². The van der Waals surface area contributed by atoms with E-state index in [0.717, 1.165) is 28.8 Å². The molecule has 28 heavy (non-hydrogen) atoms. The minimum atomic E-state index is -0.397. The summed E-state index contributed by atoms with van der Waals surface area (Å²) in [6, 6.07) is 14.5. The van der Waals surface area contributed by atoms with Gasteiger partial charge in [0.25, 0.3) is 5.91 Å². The topological polar surface area (TPSA) is 69.9 Å². The molecule has 0 radical (unpaired) electrons. The summed E-state index contributed by atoms with van der Waals surface area (Å²) < 4.78 is 13.0. The number of hydrogen-bond donors (Lipinski definition) is 0. The van der Waals surface area contributed by atoms with Crippen molar-refractivity contribution in [2.75, 3.05) is 13.7 Å². The van der Waals surface area contributed by atoms with E-state index in [2.05, 4.69) is 11.9 Å². The van der Waals surface area contributed by atoms with Gasteiger partial charge in [-0.25, -0.2) is 0 Å². The van der Waals surface area contributed by atoms with Crippen LogP contribution >= 0.6 is 11.3 Å². The predicted molar refractivity (Wildman–Crippen MR) is 109 cm³/mol. The second-order valence-corrected chi connectivity index (χ2v) is 7.17. The lowest BCUT2D eigenvalue weighted by molar-refractivity contribution is -0.141. The van der Waals surface area contributed by atoms with Crippen LogP contribution in [-0.4, -0.2) is 30.2 Å². The number of carbonyl (C=O) groups is 2. The molecule has 6 nitrogen and oxygen atoms in total. The van der Waals surface area contributed by atoms with Crippen molar-refractivity contribution in [2.45, 2.75) is 26.3 Å². The van der Waals surface area contributed by atoms with Crippen LogP contribution in [0.4, 0.5) is 0 Å². The van der Waals surface area contributed by atoms with Crippen LogP contribution < -0.4 is 9.54 Å². The number of methoxy groups -OCH3 is 1. The number of aromatic nitrogens is 1. The van der Waals surface area contributed by atoms with E-state index in [0.29, 0.717) is 17.0 Å². The van der Waals surface area contributed by atoms with Gasteiger partial charge in [-0.05, 0) is 42.8 Å². The monoisotopic (exact) mass is 398 g/mol. The van der Waals surface area contributed by atoms with E-state index in [1.165, 1.54) is 18.4 Å². The Balaban J connectivity index is 1.89. The van der Waals surface area contributed by atoms with Crippen molar-refractivity contribution < 1.29 is 19.1 Å². The van der Waals surface area contributed by atoms with Crippen LogP contribution in [0.25, 0.3) is 10.2 Å². The summed E-state index contributed by atoms with van der Waals surface area (Å²) in [6.07, 6.45) is 2.05. The summed E-state index contributed by atoms with van der Waals surface area (Å²) in [5, 5.41) is 0. The molecule has 1 amide bonds. The number of rotatable bonds is 7. The van der Waals surface area contributed by atoms with Gasteiger partial charge in [-0.15, -0.1) is 0 Å². The number of amides is 1. The molecule has 146 valence electrons. The molecule has 3 rings (SSSR count). The fraction of sp³-hybridized carbons (Fsp3) is 0.286. The first-order valence-electron chi connectivity index (χ1n) is 9.09. The first-order chi connectivity index (χ1) is 13.6. The molecule has 0 unspecified atom stereocenters. The van der Waals surface area contributed by atoms with Crippen LogP contribution in [0.1, 0.15) is 30.1 Å². The number of para-hydroxylation sites is 1. The van der Waals surface area contributed by atoms with Gasteiger partial charge in [0, 0.05) is 5.56 Å². The highest BCUT2D eigenvalue weighted by Crippen LogP contribution is 2.17. The molecule has 0 aliphatic heterocycles. The first-order valence-corrected chi connectivity index (χ1v) is 9.91. The molecule has 0 saturated heterocycles. The summed E-state index contributed by atoms with van der Waals surface area (Å²) in [7, 11) is 1.34. The summed E-state index contributed by atoms with van der Waals surface area (Å²) in [5.41, 5.74) is 1.30. The zero-order valence-corrected chi connectivity index (χ0v) is 16.7. The standard InChI is InChI=1S/C21H22N2O4S/c1-3-4-13-27-16-11-9-15(10-12-16)20(25)22-21-23(14-19(24)26-2)17-7-5-6-8-18(17)28-21/h5-12H,3-4,13-14H2,1-2H3. The molecule has 0 saturated carbocycles. The molecule has 0 fully saturated rings. The Morgan fingerprint density at radius 1 is 1.11 bits per heavy atom. The summed E-state index contributed by atoms with van der Waals surface area (Å²) >= 11 is 1.36. The van der Waals surface area contributed by atoms with Crippen molar-refractivity contribution in [3.63, 3.8) is 0 Å². The number of unbranched alkanes of at least 4 members (excludes halogenated alkanes) is 1. The number of carbonyl (C=O) groups excluding carboxylic acids is 2. The molecule has 0 spiro atoms. The Labute approximate surface area is 167 Å². The Morgan fingerprint density at radius 3 is 2.57 bits per heavy atom. The highest BCUT2D eigenvalue weighted by molar-refractivity contribution is 7.16. The molecule has 1 aromatic heterocycles. The molecule has 0 atom stereocenters.